The predicted octanol–water partition coefficient (Wildman–Crippen LogP) is 3.72. The lowest BCUT2D eigenvalue weighted by molar-refractivity contribution is 0.119. The maximum atomic E-state index is 13.9. The minimum Gasteiger partial charge on any atom is -0.380 e. The topological polar surface area (TPSA) is 50.3 Å². The van der Waals surface area contributed by atoms with Gasteiger partial charge in [0.15, 0.2) is 11.6 Å². The average Bonchev–Trinajstić information content (AvgIpc) is 3.23. The Kier molecular flexibility index (Phi) is 6.01. The first kappa shape index (κ1) is 20.1. The minimum absolute atomic E-state index is 0.0969. The smallest absolute Gasteiger partial charge is 0.168 e. The van der Waals surface area contributed by atoms with Crippen molar-refractivity contribution in [3.63, 3.8) is 0 Å². The average molecular weight is 406 g/mol. The van der Waals surface area contributed by atoms with Crippen LogP contribution in [-0.4, -0.2) is 54.0 Å². The standard InChI is InChI=1S/C21H25F3N4O/c1-2-29-6-5-28-11-13-7-16(8-14(13)12-28)25-20-4-3-19(26-27-20)17-9-15(22)10-18(23)21(17)24/h3-4,9-10,13-14,16H,2,5-8,11-12H2,1H3,(H,25,27)/t13-,14+,16+. The van der Waals surface area contributed by atoms with Crippen LogP contribution in [0.25, 0.3) is 11.3 Å². The Bertz CT molecular complexity index is 835. The highest BCUT2D eigenvalue weighted by atomic mass is 19.2. The largest absolute Gasteiger partial charge is 0.380 e. The highest BCUT2D eigenvalue weighted by Gasteiger charge is 2.40. The van der Waals surface area contributed by atoms with E-state index in [9.17, 15) is 13.2 Å². The maximum Gasteiger partial charge on any atom is 0.168 e. The molecule has 1 saturated carbocycles. The Morgan fingerprint density at radius 3 is 2.52 bits per heavy atom. The lowest BCUT2D eigenvalue weighted by Gasteiger charge is -2.19. The maximum absolute atomic E-state index is 13.9. The van der Waals surface area contributed by atoms with Crippen molar-refractivity contribution in [3.05, 3.63) is 41.7 Å². The fourth-order valence-electron chi connectivity index (χ4n) is 4.54. The fraction of sp³-hybridized carbons (Fsp3) is 0.524. The van der Waals surface area contributed by atoms with Crippen LogP contribution in [0.2, 0.25) is 0 Å². The molecule has 1 saturated heterocycles. The first-order valence-corrected chi connectivity index (χ1v) is 10.1. The molecule has 1 aliphatic carbocycles. The molecule has 2 aliphatic rings. The van der Waals surface area contributed by atoms with E-state index in [1.165, 1.54) is 6.07 Å². The second-order valence-electron chi connectivity index (χ2n) is 7.84. The van der Waals surface area contributed by atoms with Gasteiger partial charge in [-0.1, -0.05) is 0 Å². The molecular weight excluding hydrogens is 381 g/mol. The second kappa shape index (κ2) is 8.67. The van der Waals surface area contributed by atoms with Crippen molar-refractivity contribution in [2.45, 2.75) is 25.8 Å². The highest BCUT2D eigenvalue weighted by molar-refractivity contribution is 5.60. The van der Waals surface area contributed by atoms with Gasteiger partial charge < -0.3 is 15.0 Å². The zero-order valence-electron chi connectivity index (χ0n) is 16.4. The summed E-state index contributed by atoms with van der Waals surface area (Å²) in [5.74, 6) is -1.29. The van der Waals surface area contributed by atoms with Crippen LogP contribution >= 0.6 is 0 Å². The molecule has 0 spiro atoms. The number of rotatable bonds is 7. The van der Waals surface area contributed by atoms with Crippen molar-refractivity contribution in [2.75, 3.05) is 38.2 Å². The summed E-state index contributed by atoms with van der Waals surface area (Å²) in [4.78, 5) is 2.47. The van der Waals surface area contributed by atoms with Crippen LogP contribution in [-0.2, 0) is 4.74 Å². The van der Waals surface area contributed by atoms with E-state index in [0.29, 0.717) is 29.8 Å². The monoisotopic (exact) mass is 406 g/mol. The van der Waals surface area contributed by atoms with Crippen LogP contribution in [0.5, 0.6) is 0 Å². The van der Waals surface area contributed by atoms with Crippen molar-refractivity contribution in [1.82, 2.24) is 15.1 Å². The van der Waals surface area contributed by atoms with Crippen LogP contribution in [0, 0.1) is 29.3 Å². The van der Waals surface area contributed by atoms with Gasteiger partial charge in [-0.3, -0.25) is 0 Å². The Balaban J connectivity index is 1.33. The molecule has 29 heavy (non-hydrogen) atoms. The molecule has 3 atom stereocenters. The third kappa shape index (κ3) is 4.53. The molecule has 0 bridgehead atoms. The summed E-state index contributed by atoms with van der Waals surface area (Å²) in [7, 11) is 0. The van der Waals surface area contributed by atoms with E-state index < -0.39 is 17.5 Å². The number of hydrogen-bond donors (Lipinski definition) is 1. The summed E-state index contributed by atoms with van der Waals surface area (Å²) in [6.45, 7) is 6.75. The minimum atomic E-state index is -1.24. The third-order valence-corrected chi connectivity index (χ3v) is 5.87. The summed E-state index contributed by atoms with van der Waals surface area (Å²) in [6, 6.07) is 4.95. The zero-order valence-corrected chi connectivity index (χ0v) is 16.4. The van der Waals surface area contributed by atoms with Crippen LogP contribution in [0.1, 0.15) is 19.8 Å². The molecule has 2 heterocycles. The normalized spacial score (nSPS) is 24.1. The number of aromatic nitrogens is 2. The van der Waals surface area contributed by atoms with E-state index in [1.807, 2.05) is 6.92 Å². The van der Waals surface area contributed by atoms with Crippen molar-refractivity contribution in [2.24, 2.45) is 11.8 Å². The summed E-state index contributed by atoms with van der Waals surface area (Å²) < 4.78 is 46.2. The molecule has 1 aliphatic heterocycles. The quantitative estimate of drug-likeness (QED) is 0.561. The van der Waals surface area contributed by atoms with Gasteiger partial charge in [-0.2, -0.15) is 0 Å². The molecule has 4 rings (SSSR count). The molecule has 0 unspecified atom stereocenters. The SMILES string of the molecule is CCOCCN1C[C@H]2C[C@H](Nc3ccc(-c4cc(F)cc(F)c4F)nn3)C[C@H]2C1. The van der Waals surface area contributed by atoms with Crippen LogP contribution in [0.4, 0.5) is 19.0 Å². The molecule has 1 aromatic heterocycles. The van der Waals surface area contributed by atoms with E-state index in [1.54, 1.807) is 6.07 Å². The first-order valence-electron chi connectivity index (χ1n) is 10.1. The lowest BCUT2D eigenvalue weighted by Crippen LogP contribution is -2.28. The molecular formula is C21H25F3N4O. The van der Waals surface area contributed by atoms with E-state index in [-0.39, 0.29) is 11.3 Å². The zero-order chi connectivity index (χ0) is 20.4. The molecule has 2 fully saturated rings. The Hall–Kier alpha value is -2.19. The molecule has 0 radical (unpaired) electrons. The van der Waals surface area contributed by atoms with Gasteiger partial charge in [-0.05, 0) is 49.8 Å². The number of anilines is 1. The van der Waals surface area contributed by atoms with Gasteiger partial charge in [0.05, 0.1) is 12.3 Å². The number of hydrogen-bond acceptors (Lipinski definition) is 5. The molecule has 1 N–H and O–H groups in total. The van der Waals surface area contributed by atoms with Crippen molar-refractivity contribution < 1.29 is 17.9 Å². The van der Waals surface area contributed by atoms with Gasteiger partial charge >= 0.3 is 0 Å². The fourth-order valence-corrected chi connectivity index (χ4v) is 4.54. The number of likely N-dealkylation sites (tertiary alicyclic amines) is 1. The van der Waals surface area contributed by atoms with Gasteiger partial charge in [0, 0.05) is 43.9 Å². The van der Waals surface area contributed by atoms with Crippen molar-refractivity contribution in [3.8, 4) is 11.3 Å². The molecule has 5 nitrogen and oxygen atoms in total. The molecule has 2 aromatic rings. The Morgan fingerprint density at radius 2 is 1.86 bits per heavy atom. The van der Waals surface area contributed by atoms with Crippen LogP contribution < -0.4 is 5.32 Å². The summed E-state index contributed by atoms with van der Waals surface area (Å²) in [6.07, 6.45) is 2.14. The van der Waals surface area contributed by atoms with Crippen molar-refractivity contribution in [1.29, 1.82) is 0 Å². The molecule has 156 valence electrons. The summed E-state index contributed by atoms with van der Waals surface area (Å²) >= 11 is 0. The Morgan fingerprint density at radius 1 is 1.10 bits per heavy atom. The second-order valence-corrected chi connectivity index (χ2v) is 7.84. The summed E-state index contributed by atoms with van der Waals surface area (Å²) in [5.41, 5.74) is -0.135. The number of nitrogens with zero attached hydrogens (tertiary/aromatic N) is 3. The summed E-state index contributed by atoms with van der Waals surface area (Å²) in [5, 5.41) is 11.4. The van der Waals surface area contributed by atoms with E-state index in [0.717, 1.165) is 51.8 Å². The van der Waals surface area contributed by atoms with Gasteiger partial charge in [0.2, 0.25) is 0 Å². The van der Waals surface area contributed by atoms with Crippen LogP contribution in [0.3, 0.4) is 0 Å². The molecule has 8 heteroatoms. The molecule has 1 aromatic carbocycles. The Labute approximate surface area is 168 Å². The predicted molar refractivity (Wildman–Crippen MR) is 104 cm³/mol. The van der Waals surface area contributed by atoms with E-state index in [4.69, 9.17) is 4.74 Å². The third-order valence-electron chi connectivity index (χ3n) is 5.87. The van der Waals surface area contributed by atoms with Gasteiger partial charge in [0.25, 0.3) is 0 Å². The number of benzene rings is 1. The lowest BCUT2D eigenvalue weighted by atomic mass is 10.0. The number of ether oxygens (including phenoxy) is 1. The van der Waals surface area contributed by atoms with Gasteiger partial charge in [0.1, 0.15) is 11.6 Å². The van der Waals surface area contributed by atoms with Gasteiger partial charge in [-0.25, -0.2) is 13.2 Å². The molecule has 0 amide bonds. The van der Waals surface area contributed by atoms with Crippen molar-refractivity contribution >= 4 is 5.82 Å². The van der Waals surface area contributed by atoms with E-state index >= 15 is 0 Å². The number of halogens is 3. The number of nitrogens with one attached hydrogen (secondary N) is 1. The first-order chi connectivity index (χ1) is 14.0. The highest BCUT2D eigenvalue weighted by Crippen LogP contribution is 2.39. The van der Waals surface area contributed by atoms with E-state index in [2.05, 4.69) is 20.4 Å². The van der Waals surface area contributed by atoms with Gasteiger partial charge in [-0.15, -0.1) is 10.2 Å². The number of fused-ring (bicyclic) bond motifs is 1. The van der Waals surface area contributed by atoms with Crippen LogP contribution in [0.15, 0.2) is 24.3 Å².